The number of nitrogens with zero attached hydrogens (tertiary/aromatic N) is 1. The minimum absolute atomic E-state index is 0.142. The number of benzene rings is 2. The summed E-state index contributed by atoms with van der Waals surface area (Å²) in [6, 6.07) is 12.4. The lowest BCUT2D eigenvalue weighted by Gasteiger charge is -2.25. The van der Waals surface area contributed by atoms with Gasteiger partial charge in [-0.15, -0.1) is 0 Å². The monoisotopic (exact) mass is 344 g/mol. The molecule has 1 heterocycles. The molecule has 6 heteroatoms. The zero-order chi connectivity index (χ0) is 17.5. The van der Waals surface area contributed by atoms with Gasteiger partial charge in [0, 0.05) is 18.7 Å². The summed E-state index contributed by atoms with van der Waals surface area (Å²) in [5.74, 6) is -0.234. The first-order chi connectivity index (χ1) is 11.3. The SMILES string of the molecule is CC(=O)Nc1ccc(C)c(S(=O)(=O)N2c3ccccc3CC2C)c1. The summed E-state index contributed by atoms with van der Waals surface area (Å²) in [5, 5.41) is 2.64. The van der Waals surface area contributed by atoms with Crippen LogP contribution in [-0.2, 0) is 21.2 Å². The number of amides is 1. The van der Waals surface area contributed by atoms with Crippen LogP contribution < -0.4 is 9.62 Å². The largest absolute Gasteiger partial charge is 0.326 e. The summed E-state index contributed by atoms with van der Waals surface area (Å²) in [5.41, 5.74) is 2.89. The van der Waals surface area contributed by atoms with E-state index < -0.39 is 10.0 Å². The van der Waals surface area contributed by atoms with Crippen molar-refractivity contribution < 1.29 is 13.2 Å². The number of hydrogen-bond donors (Lipinski definition) is 1. The van der Waals surface area contributed by atoms with E-state index in [1.165, 1.54) is 17.3 Å². The second-order valence-corrected chi connectivity index (χ2v) is 7.93. The van der Waals surface area contributed by atoms with Crippen LogP contribution in [0.1, 0.15) is 25.0 Å². The first-order valence-corrected chi connectivity index (χ1v) is 9.25. The van der Waals surface area contributed by atoms with Crippen LogP contribution in [-0.4, -0.2) is 20.4 Å². The second-order valence-electron chi connectivity index (χ2n) is 6.14. The van der Waals surface area contributed by atoms with Gasteiger partial charge in [-0.25, -0.2) is 8.42 Å². The molecule has 1 unspecified atom stereocenters. The van der Waals surface area contributed by atoms with Gasteiger partial charge in [-0.3, -0.25) is 9.10 Å². The topological polar surface area (TPSA) is 66.5 Å². The van der Waals surface area contributed by atoms with Crippen LogP contribution in [0.5, 0.6) is 0 Å². The number of fused-ring (bicyclic) bond motifs is 1. The van der Waals surface area contributed by atoms with Crippen LogP contribution in [0, 0.1) is 6.92 Å². The van der Waals surface area contributed by atoms with E-state index in [-0.39, 0.29) is 16.8 Å². The third-order valence-corrected chi connectivity index (χ3v) is 6.26. The summed E-state index contributed by atoms with van der Waals surface area (Å²) in [6.07, 6.45) is 0.694. The fourth-order valence-corrected chi connectivity index (χ4v) is 5.12. The average molecular weight is 344 g/mol. The van der Waals surface area contributed by atoms with E-state index in [4.69, 9.17) is 0 Å². The Morgan fingerprint density at radius 2 is 1.92 bits per heavy atom. The van der Waals surface area contributed by atoms with E-state index in [1.54, 1.807) is 19.1 Å². The summed E-state index contributed by atoms with van der Waals surface area (Å²) in [7, 11) is -3.71. The molecule has 0 bridgehead atoms. The van der Waals surface area contributed by atoms with E-state index in [1.807, 2.05) is 31.2 Å². The van der Waals surface area contributed by atoms with Crippen LogP contribution in [0.4, 0.5) is 11.4 Å². The number of para-hydroxylation sites is 1. The van der Waals surface area contributed by atoms with Gasteiger partial charge in [0.25, 0.3) is 10.0 Å². The third kappa shape index (κ3) is 2.78. The third-order valence-electron chi connectivity index (χ3n) is 4.19. The van der Waals surface area contributed by atoms with Crippen molar-refractivity contribution in [3.05, 3.63) is 53.6 Å². The highest BCUT2D eigenvalue weighted by Crippen LogP contribution is 2.37. The zero-order valence-electron chi connectivity index (χ0n) is 13.9. The summed E-state index contributed by atoms with van der Waals surface area (Å²) >= 11 is 0. The zero-order valence-corrected chi connectivity index (χ0v) is 14.7. The first kappa shape index (κ1) is 16.5. The number of aryl methyl sites for hydroxylation is 1. The molecule has 0 saturated heterocycles. The predicted molar refractivity (Wildman–Crippen MR) is 94.8 cm³/mol. The van der Waals surface area contributed by atoms with E-state index in [0.29, 0.717) is 17.7 Å². The van der Waals surface area contributed by atoms with Crippen molar-refractivity contribution in [2.24, 2.45) is 0 Å². The molecule has 1 amide bonds. The van der Waals surface area contributed by atoms with Crippen molar-refractivity contribution in [1.82, 2.24) is 0 Å². The maximum atomic E-state index is 13.3. The van der Waals surface area contributed by atoms with Crippen LogP contribution in [0.3, 0.4) is 0 Å². The molecule has 5 nitrogen and oxygen atoms in total. The normalized spacial score (nSPS) is 16.8. The minimum atomic E-state index is -3.71. The fraction of sp³-hybridized carbons (Fsp3) is 0.278. The highest BCUT2D eigenvalue weighted by molar-refractivity contribution is 7.93. The van der Waals surface area contributed by atoms with Crippen molar-refractivity contribution >= 4 is 27.3 Å². The lowest BCUT2D eigenvalue weighted by Crippen LogP contribution is -2.36. The highest BCUT2D eigenvalue weighted by Gasteiger charge is 2.36. The Morgan fingerprint density at radius 1 is 1.21 bits per heavy atom. The minimum Gasteiger partial charge on any atom is -0.326 e. The molecule has 0 radical (unpaired) electrons. The van der Waals surface area contributed by atoms with Crippen LogP contribution >= 0.6 is 0 Å². The maximum Gasteiger partial charge on any atom is 0.264 e. The molecule has 0 aliphatic carbocycles. The highest BCUT2D eigenvalue weighted by atomic mass is 32.2. The van der Waals surface area contributed by atoms with Crippen molar-refractivity contribution in [2.75, 3.05) is 9.62 Å². The quantitative estimate of drug-likeness (QED) is 0.930. The maximum absolute atomic E-state index is 13.3. The van der Waals surface area contributed by atoms with Crippen LogP contribution in [0.25, 0.3) is 0 Å². The Labute approximate surface area is 142 Å². The smallest absolute Gasteiger partial charge is 0.264 e. The van der Waals surface area contributed by atoms with Crippen molar-refractivity contribution in [1.29, 1.82) is 0 Å². The Balaban J connectivity index is 2.10. The molecular formula is C18H20N2O3S. The molecular weight excluding hydrogens is 324 g/mol. The number of nitrogens with one attached hydrogen (secondary N) is 1. The fourth-order valence-electron chi connectivity index (χ4n) is 3.17. The Kier molecular flexibility index (Phi) is 4.09. The molecule has 0 aromatic heterocycles. The molecule has 24 heavy (non-hydrogen) atoms. The first-order valence-electron chi connectivity index (χ1n) is 7.81. The van der Waals surface area contributed by atoms with Gasteiger partial charge in [-0.1, -0.05) is 24.3 Å². The number of carbonyl (C=O) groups excluding carboxylic acids is 1. The van der Waals surface area contributed by atoms with Gasteiger partial charge in [0.2, 0.25) is 5.91 Å². The summed E-state index contributed by atoms with van der Waals surface area (Å²) in [4.78, 5) is 11.5. The van der Waals surface area contributed by atoms with Gasteiger partial charge in [0.1, 0.15) is 0 Å². The average Bonchev–Trinajstić information content (AvgIpc) is 2.85. The summed E-state index contributed by atoms with van der Waals surface area (Å²) < 4.78 is 28.0. The number of rotatable bonds is 3. The standard InChI is InChI=1S/C18H20N2O3S/c1-12-8-9-16(19-14(3)21)11-18(12)24(22,23)20-13(2)10-15-6-4-5-7-17(15)20/h4-9,11,13H,10H2,1-3H3,(H,19,21). The van der Waals surface area contributed by atoms with Crippen molar-refractivity contribution in [3.63, 3.8) is 0 Å². The molecule has 0 spiro atoms. The Morgan fingerprint density at radius 3 is 2.62 bits per heavy atom. The van der Waals surface area contributed by atoms with E-state index >= 15 is 0 Å². The van der Waals surface area contributed by atoms with Gasteiger partial charge in [-0.05, 0) is 49.6 Å². The summed E-state index contributed by atoms with van der Waals surface area (Å²) in [6.45, 7) is 5.06. The lowest BCUT2D eigenvalue weighted by molar-refractivity contribution is -0.114. The van der Waals surface area contributed by atoms with Gasteiger partial charge < -0.3 is 5.32 Å². The molecule has 0 saturated carbocycles. The van der Waals surface area contributed by atoms with E-state index in [9.17, 15) is 13.2 Å². The number of hydrogen-bond acceptors (Lipinski definition) is 3. The van der Waals surface area contributed by atoms with E-state index in [0.717, 1.165) is 11.3 Å². The molecule has 126 valence electrons. The van der Waals surface area contributed by atoms with Gasteiger partial charge in [0.05, 0.1) is 10.6 Å². The lowest BCUT2D eigenvalue weighted by atomic mass is 10.1. The molecule has 1 atom stereocenters. The van der Waals surface area contributed by atoms with Gasteiger partial charge >= 0.3 is 0 Å². The van der Waals surface area contributed by atoms with Crippen LogP contribution in [0.15, 0.2) is 47.4 Å². The molecule has 2 aromatic carbocycles. The van der Waals surface area contributed by atoms with Gasteiger partial charge in [-0.2, -0.15) is 0 Å². The molecule has 3 rings (SSSR count). The number of carbonyl (C=O) groups is 1. The molecule has 1 N–H and O–H groups in total. The van der Waals surface area contributed by atoms with Crippen molar-refractivity contribution in [2.45, 2.75) is 38.1 Å². The second kappa shape index (κ2) is 5.94. The molecule has 0 fully saturated rings. The van der Waals surface area contributed by atoms with Crippen molar-refractivity contribution in [3.8, 4) is 0 Å². The van der Waals surface area contributed by atoms with E-state index in [2.05, 4.69) is 5.32 Å². The molecule has 1 aliphatic heterocycles. The van der Waals surface area contributed by atoms with Crippen LogP contribution in [0.2, 0.25) is 0 Å². The molecule has 1 aliphatic rings. The number of anilines is 2. The molecule has 2 aromatic rings. The Hall–Kier alpha value is -2.34. The number of sulfonamides is 1. The van der Waals surface area contributed by atoms with Gasteiger partial charge in [0.15, 0.2) is 0 Å². The predicted octanol–water partition coefficient (Wildman–Crippen LogP) is 3.09. The Bertz CT molecular complexity index is 906.